The van der Waals surface area contributed by atoms with Gasteiger partial charge in [-0.25, -0.2) is 13.9 Å². The molecule has 1 aromatic carbocycles. The van der Waals surface area contributed by atoms with E-state index >= 15 is 0 Å². The third kappa shape index (κ3) is 3.42. The second-order valence-electron chi connectivity index (χ2n) is 5.89. The van der Waals surface area contributed by atoms with E-state index in [1.165, 1.54) is 34.8 Å². The number of nitrogens with zero attached hydrogens (tertiary/aromatic N) is 4. The van der Waals surface area contributed by atoms with Gasteiger partial charge in [-0.1, -0.05) is 17.3 Å². The van der Waals surface area contributed by atoms with Gasteiger partial charge < -0.3 is 10.0 Å². The number of benzene rings is 1. The van der Waals surface area contributed by atoms with Gasteiger partial charge in [0.1, 0.15) is 11.9 Å². The molecule has 24 heavy (non-hydrogen) atoms. The maximum atomic E-state index is 13.2. The van der Waals surface area contributed by atoms with Crippen molar-refractivity contribution in [3.63, 3.8) is 0 Å². The zero-order valence-electron chi connectivity index (χ0n) is 13.1. The van der Waals surface area contributed by atoms with Crippen LogP contribution in [0.25, 0.3) is 0 Å². The standard InChI is InChI=1S/C16H17FN4O3/c1-10(16(23)24)21(13-5-6-13)15(22)14-9-20(19-18-14)8-11-3-2-4-12(17)7-11/h2-4,7,9-10,13H,5-6,8H2,1H3,(H,23,24). The number of aromatic nitrogens is 3. The van der Waals surface area contributed by atoms with Crippen LogP contribution in [0.3, 0.4) is 0 Å². The molecule has 0 spiro atoms. The Morgan fingerprint density at radius 2 is 2.21 bits per heavy atom. The first-order valence-electron chi connectivity index (χ1n) is 7.65. The highest BCUT2D eigenvalue weighted by Gasteiger charge is 2.39. The monoisotopic (exact) mass is 332 g/mol. The van der Waals surface area contributed by atoms with Crippen LogP contribution in [0.4, 0.5) is 4.39 Å². The van der Waals surface area contributed by atoms with Gasteiger partial charge in [-0.2, -0.15) is 0 Å². The lowest BCUT2D eigenvalue weighted by atomic mass is 10.2. The van der Waals surface area contributed by atoms with Gasteiger partial charge in [0.15, 0.2) is 5.69 Å². The Balaban J connectivity index is 1.76. The second kappa shape index (κ2) is 6.38. The van der Waals surface area contributed by atoms with E-state index < -0.39 is 17.9 Å². The summed E-state index contributed by atoms with van der Waals surface area (Å²) in [5, 5.41) is 16.9. The van der Waals surface area contributed by atoms with Gasteiger partial charge in [-0.15, -0.1) is 5.10 Å². The lowest BCUT2D eigenvalue weighted by Gasteiger charge is -2.25. The van der Waals surface area contributed by atoms with Crippen LogP contribution >= 0.6 is 0 Å². The van der Waals surface area contributed by atoms with E-state index in [0.717, 1.165) is 12.8 Å². The van der Waals surface area contributed by atoms with Crippen LogP contribution in [-0.4, -0.2) is 49.0 Å². The van der Waals surface area contributed by atoms with Crippen molar-refractivity contribution in [3.8, 4) is 0 Å². The van der Waals surface area contributed by atoms with Gasteiger partial charge in [0.25, 0.3) is 5.91 Å². The molecule has 1 aliphatic carbocycles. The summed E-state index contributed by atoms with van der Waals surface area (Å²) >= 11 is 0. The topological polar surface area (TPSA) is 88.3 Å². The SMILES string of the molecule is CC(C(=O)O)N(C(=O)c1cn(Cc2cccc(F)c2)nn1)C1CC1. The molecule has 0 bridgehead atoms. The average molecular weight is 332 g/mol. The third-order valence-corrected chi connectivity index (χ3v) is 3.94. The second-order valence-corrected chi connectivity index (χ2v) is 5.89. The van der Waals surface area contributed by atoms with Gasteiger partial charge in [-0.05, 0) is 37.5 Å². The van der Waals surface area contributed by atoms with Gasteiger partial charge >= 0.3 is 5.97 Å². The molecule has 1 unspecified atom stereocenters. The Bertz CT molecular complexity index is 772. The molecular formula is C16H17FN4O3. The first-order chi connectivity index (χ1) is 11.5. The molecule has 1 saturated carbocycles. The van der Waals surface area contributed by atoms with E-state index in [2.05, 4.69) is 10.3 Å². The quantitative estimate of drug-likeness (QED) is 0.867. The van der Waals surface area contributed by atoms with Crippen molar-refractivity contribution in [2.75, 3.05) is 0 Å². The number of rotatable bonds is 6. The molecule has 0 aliphatic heterocycles. The van der Waals surface area contributed by atoms with Gasteiger partial charge in [0.05, 0.1) is 12.7 Å². The highest BCUT2D eigenvalue weighted by Crippen LogP contribution is 2.30. The zero-order chi connectivity index (χ0) is 17.3. The highest BCUT2D eigenvalue weighted by molar-refractivity contribution is 5.95. The fourth-order valence-electron chi connectivity index (χ4n) is 2.56. The van der Waals surface area contributed by atoms with Crippen molar-refractivity contribution < 1.29 is 19.1 Å². The average Bonchev–Trinajstić information content (AvgIpc) is 3.25. The number of aliphatic carboxylic acids is 1. The summed E-state index contributed by atoms with van der Waals surface area (Å²) in [5.41, 5.74) is 0.781. The minimum atomic E-state index is -1.05. The molecule has 1 atom stereocenters. The Kier molecular flexibility index (Phi) is 4.28. The Hall–Kier alpha value is -2.77. The largest absolute Gasteiger partial charge is 0.480 e. The van der Waals surface area contributed by atoms with Crippen molar-refractivity contribution in [1.29, 1.82) is 0 Å². The minimum Gasteiger partial charge on any atom is -0.480 e. The number of hydrogen-bond acceptors (Lipinski definition) is 4. The first kappa shape index (κ1) is 16.1. The lowest BCUT2D eigenvalue weighted by Crippen LogP contribution is -2.44. The highest BCUT2D eigenvalue weighted by atomic mass is 19.1. The van der Waals surface area contributed by atoms with Gasteiger partial charge in [-0.3, -0.25) is 4.79 Å². The molecule has 1 heterocycles. The molecular weight excluding hydrogens is 315 g/mol. The fourth-order valence-corrected chi connectivity index (χ4v) is 2.56. The molecule has 1 fully saturated rings. The summed E-state index contributed by atoms with van der Waals surface area (Å²) in [6.07, 6.45) is 3.04. The van der Waals surface area contributed by atoms with Crippen molar-refractivity contribution in [2.45, 2.75) is 38.4 Å². The van der Waals surface area contributed by atoms with Crippen molar-refractivity contribution >= 4 is 11.9 Å². The van der Waals surface area contributed by atoms with Crippen molar-refractivity contribution in [3.05, 3.63) is 47.5 Å². The summed E-state index contributed by atoms with van der Waals surface area (Å²) in [6, 6.07) is 5.09. The number of hydrogen-bond donors (Lipinski definition) is 1. The number of carboxylic acid groups (broad SMARTS) is 1. The fraction of sp³-hybridized carbons (Fsp3) is 0.375. The van der Waals surface area contributed by atoms with Crippen LogP contribution < -0.4 is 0 Å². The number of carboxylic acids is 1. The van der Waals surface area contributed by atoms with E-state index in [1.54, 1.807) is 12.1 Å². The number of amides is 1. The van der Waals surface area contributed by atoms with E-state index in [1.807, 2.05) is 0 Å². The molecule has 0 radical (unpaired) electrons. The van der Waals surface area contributed by atoms with Crippen LogP contribution in [0.2, 0.25) is 0 Å². The minimum absolute atomic E-state index is 0.0584. The molecule has 8 heteroatoms. The van der Waals surface area contributed by atoms with E-state index in [-0.39, 0.29) is 24.1 Å². The maximum absolute atomic E-state index is 13.2. The molecule has 1 aliphatic rings. The van der Waals surface area contributed by atoms with Crippen molar-refractivity contribution in [1.82, 2.24) is 19.9 Å². The normalized spacial score (nSPS) is 15.1. The van der Waals surface area contributed by atoms with E-state index in [0.29, 0.717) is 5.56 Å². The zero-order valence-corrected chi connectivity index (χ0v) is 13.1. The summed E-state index contributed by atoms with van der Waals surface area (Å²) < 4.78 is 14.6. The third-order valence-electron chi connectivity index (χ3n) is 3.94. The number of carbonyl (C=O) groups is 2. The molecule has 1 aromatic heterocycles. The molecule has 3 rings (SSSR count). The van der Waals surface area contributed by atoms with Crippen LogP contribution in [0.15, 0.2) is 30.5 Å². The van der Waals surface area contributed by atoms with Gasteiger partial charge in [0, 0.05) is 6.04 Å². The smallest absolute Gasteiger partial charge is 0.326 e. The number of carbonyl (C=O) groups excluding carboxylic acids is 1. The lowest BCUT2D eigenvalue weighted by molar-refractivity contribution is -0.141. The summed E-state index contributed by atoms with van der Waals surface area (Å²) in [5.74, 6) is -1.85. The Morgan fingerprint density at radius 3 is 2.83 bits per heavy atom. The van der Waals surface area contributed by atoms with Gasteiger partial charge in [0.2, 0.25) is 0 Å². The Morgan fingerprint density at radius 1 is 1.46 bits per heavy atom. The van der Waals surface area contributed by atoms with Crippen LogP contribution in [0.5, 0.6) is 0 Å². The molecule has 1 N–H and O–H groups in total. The predicted molar refractivity (Wildman–Crippen MR) is 81.8 cm³/mol. The van der Waals surface area contributed by atoms with Crippen LogP contribution in [0.1, 0.15) is 35.8 Å². The predicted octanol–water partition coefficient (Wildman–Crippen LogP) is 1.54. The summed E-state index contributed by atoms with van der Waals surface area (Å²) in [4.78, 5) is 25.1. The Labute approximate surface area is 137 Å². The molecule has 126 valence electrons. The molecule has 7 nitrogen and oxygen atoms in total. The summed E-state index contributed by atoms with van der Waals surface area (Å²) in [6.45, 7) is 1.76. The van der Waals surface area contributed by atoms with E-state index in [4.69, 9.17) is 0 Å². The molecule has 0 saturated heterocycles. The first-order valence-corrected chi connectivity index (χ1v) is 7.65. The number of halogens is 1. The van der Waals surface area contributed by atoms with E-state index in [9.17, 15) is 19.1 Å². The van der Waals surface area contributed by atoms with Crippen LogP contribution in [-0.2, 0) is 11.3 Å². The molecule has 1 amide bonds. The van der Waals surface area contributed by atoms with Crippen molar-refractivity contribution in [2.24, 2.45) is 0 Å². The van der Waals surface area contributed by atoms with Crippen LogP contribution in [0, 0.1) is 5.82 Å². The molecule has 2 aromatic rings. The summed E-state index contributed by atoms with van der Waals surface area (Å²) in [7, 11) is 0. The maximum Gasteiger partial charge on any atom is 0.326 e.